The zero-order chi connectivity index (χ0) is 20.9. The topological polar surface area (TPSA) is 62.6 Å². The molecule has 1 aliphatic heterocycles. The SMILES string of the molecule is CCOC(=O)Cc1ccccc1OCc1nn(C2CCOCC2)c2ccc(Br)cc12. The molecule has 3 aromatic rings. The van der Waals surface area contributed by atoms with Gasteiger partial charge in [-0.15, -0.1) is 0 Å². The van der Waals surface area contributed by atoms with E-state index in [1.165, 1.54) is 0 Å². The summed E-state index contributed by atoms with van der Waals surface area (Å²) in [5.74, 6) is 0.418. The zero-order valence-corrected chi connectivity index (χ0v) is 18.6. The number of para-hydroxylation sites is 1. The van der Waals surface area contributed by atoms with Crippen molar-refractivity contribution in [1.29, 1.82) is 0 Å². The van der Waals surface area contributed by atoms with E-state index in [1.807, 2.05) is 30.3 Å². The van der Waals surface area contributed by atoms with Crippen molar-refractivity contribution >= 4 is 32.8 Å². The molecule has 1 fully saturated rings. The molecule has 0 aliphatic carbocycles. The molecule has 7 heteroatoms. The lowest BCUT2D eigenvalue weighted by molar-refractivity contribution is -0.142. The molecule has 158 valence electrons. The second kappa shape index (κ2) is 9.62. The second-order valence-corrected chi connectivity index (χ2v) is 8.19. The van der Waals surface area contributed by atoms with Crippen LogP contribution >= 0.6 is 15.9 Å². The van der Waals surface area contributed by atoms with Crippen molar-refractivity contribution in [1.82, 2.24) is 9.78 Å². The van der Waals surface area contributed by atoms with Crippen molar-refractivity contribution in [3.05, 3.63) is 58.2 Å². The number of esters is 1. The normalized spacial score (nSPS) is 14.7. The van der Waals surface area contributed by atoms with Crippen molar-refractivity contribution in [3.63, 3.8) is 0 Å². The van der Waals surface area contributed by atoms with E-state index < -0.39 is 0 Å². The van der Waals surface area contributed by atoms with E-state index >= 15 is 0 Å². The molecule has 30 heavy (non-hydrogen) atoms. The molecule has 0 N–H and O–H groups in total. The lowest BCUT2D eigenvalue weighted by atomic mass is 10.1. The van der Waals surface area contributed by atoms with Crippen molar-refractivity contribution in [2.75, 3.05) is 19.8 Å². The summed E-state index contributed by atoms with van der Waals surface area (Å²) in [6, 6.07) is 14.1. The van der Waals surface area contributed by atoms with Crippen LogP contribution in [0.25, 0.3) is 10.9 Å². The predicted molar refractivity (Wildman–Crippen MR) is 118 cm³/mol. The molecule has 2 heterocycles. The molecule has 0 amide bonds. The molecule has 0 bridgehead atoms. The molecule has 0 spiro atoms. The van der Waals surface area contributed by atoms with Crippen molar-refractivity contribution in [2.45, 2.75) is 38.8 Å². The van der Waals surface area contributed by atoms with E-state index in [0.717, 1.165) is 52.7 Å². The number of benzene rings is 2. The fourth-order valence-corrected chi connectivity index (χ4v) is 4.16. The van der Waals surface area contributed by atoms with Crippen molar-refractivity contribution in [2.24, 2.45) is 0 Å². The number of halogens is 1. The number of ether oxygens (including phenoxy) is 3. The molecular formula is C23H25BrN2O4. The number of nitrogens with zero attached hydrogens (tertiary/aromatic N) is 2. The van der Waals surface area contributed by atoms with Gasteiger partial charge < -0.3 is 14.2 Å². The summed E-state index contributed by atoms with van der Waals surface area (Å²) in [6.07, 6.45) is 2.10. The smallest absolute Gasteiger partial charge is 0.310 e. The van der Waals surface area contributed by atoms with Gasteiger partial charge in [0.25, 0.3) is 0 Å². The highest BCUT2D eigenvalue weighted by Gasteiger charge is 2.21. The maximum absolute atomic E-state index is 11.9. The van der Waals surface area contributed by atoms with Crippen LogP contribution in [-0.2, 0) is 27.3 Å². The van der Waals surface area contributed by atoms with E-state index in [4.69, 9.17) is 19.3 Å². The molecule has 0 unspecified atom stereocenters. The molecule has 1 aromatic heterocycles. The van der Waals surface area contributed by atoms with Crippen LogP contribution in [0, 0.1) is 0 Å². The van der Waals surface area contributed by atoms with Gasteiger partial charge >= 0.3 is 5.97 Å². The van der Waals surface area contributed by atoms with E-state index in [0.29, 0.717) is 25.0 Å². The average molecular weight is 473 g/mol. The maximum Gasteiger partial charge on any atom is 0.310 e. The van der Waals surface area contributed by atoms with Gasteiger partial charge in [-0.3, -0.25) is 9.48 Å². The van der Waals surface area contributed by atoms with Gasteiger partial charge in [-0.25, -0.2) is 0 Å². The van der Waals surface area contributed by atoms with Gasteiger partial charge in [-0.1, -0.05) is 34.1 Å². The fraction of sp³-hybridized carbons (Fsp3) is 0.391. The number of carbonyl (C=O) groups is 1. The Balaban J connectivity index is 1.59. The van der Waals surface area contributed by atoms with Gasteiger partial charge in [-0.2, -0.15) is 5.10 Å². The molecule has 0 saturated carbocycles. The third-order valence-electron chi connectivity index (χ3n) is 5.26. The number of fused-ring (bicyclic) bond motifs is 1. The van der Waals surface area contributed by atoms with Crippen LogP contribution in [0.3, 0.4) is 0 Å². The number of rotatable bonds is 7. The predicted octanol–water partition coefficient (Wildman–Crippen LogP) is 4.83. The Labute approximate surface area is 184 Å². The summed E-state index contributed by atoms with van der Waals surface area (Å²) in [6.45, 7) is 4.01. The summed E-state index contributed by atoms with van der Waals surface area (Å²) in [7, 11) is 0. The largest absolute Gasteiger partial charge is 0.487 e. The summed E-state index contributed by atoms with van der Waals surface area (Å²) >= 11 is 3.57. The summed E-state index contributed by atoms with van der Waals surface area (Å²) in [5, 5.41) is 5.98. The van der Waals surface area contributed by atoms with Crippen LogP contribution in [0.1, 0.15) is 37.1 Å². The number of hydrogen-bond acceptors (Lipinski definition) is 5. The van der Waals surface area contributed by atoms with Gasteiger partial charge in [0.1, 0.15) is 18.1 Å². The first-order chi connectivity index (χ1) is 14.7. The van der Waals surface area contributed by atoms with Crippen LogP contribution < -0.4 is 4.74 Å². The minimum Gasteiger partial charge on any atom is -0.487 e. The highest BCUT2D eigenvalue weighted by molar-refractivity contribution is 9.10. The molecule has 0 radical (unpaired) electrons. The van der Waals surface area contributed by atoms with Crippen molar-refractivity contribution in [3.8, 4) is 5.75 Å². The fourth-order valence-electron chi connectivity index (χ4n) is 3.80. The van der Waals surface area contributed by atoms with Gasteiger partial charge in [0.05, 0.1) is 24.6 Å². The lowest BCUT2D eigenvalue weighted by Gasteiger charge is -2.23. The van der Waals surface area contributed by atoms with Crippen LogP contribution in [-0.4, -0.2) is 35.6 Å². The monoisotopic (exact) mass is 472 g/mol. The summed E-state index contributed by atoms with van der Waals surface area (Å²) < 4.78 is 19.8. The van der Waals surface area contributed by atoms with Crippen LogP contribution in [0.4, 0.5) is 0 Å². The highest BCUT2D eigenvalue weighted by atomic mass is 79.9. The first kappa shape index (κ1) is 20.9. The van der Waals surface area contributed by atoms with E-state index in [9.17, 15) is 4.79 Å². The Morgan fingerprint density at radius 2 is 2.03 bits per heavy atom. The average Bonchev–Trinajstić information content (AvgIpc) is 3.11. The Morgan fingerprint density at radius 3 is 2.83 bits per heavy atom. The first-order valence-electron chi connectivity index (χ1n) is 10.3. The van der Waals surface area contributed by atoms with Gasteiger partial charge in [-0.05, 0) is 44.0 Å². The Hall–Kier alpha value is -2.38. The van der Waals surface area contributed by atoms with E-state index in [2.05, 4.69) is 32.7 Å². The summed E-state index contributed by atoms with van der Waals surface area (Å²) in [4.78, 5) is 11.9. The molecule has 0 atom stereocenters. The van der Waals surface area contributed by atoms with E-state index in [1.54, 1.807) is 6.92 Å². The lowest BCUT2D eigenvalue weighted by Crippen LogP contribution is -2.20. The van der Waals surface area contributed by atoms with Gasteiger partial charge in [0.15, 0.2) is 0 Å². The van der Waals surface area contributed by atoms with Gasteiger partial charge in [0, 0.05) is 28.6 Å². The standard InChI is InChI=1S/C23H25BrN2O4/c1-2-29-23(27)13-16-5-3-4-6-22(16)30-15-20-19-14-17(24)7-8-21(19)26(25-20)18-9-11-28-12-10-18/h3-8,14,18H,2,9-13,15H2,1H3. The van der Waals surface area contributed by atoms with Crippen LogP contribution in [0.15, 0.2) is 46.9 Å². The maximum atomic E-state index is 11.9. The number of carbonyl (C=O) groups excluding carboxylic acids is 1. The highest BCUT2D eigenvalue weighted by Crippen LogP contribution is 2.30. The third kappa shape index (κ3) is 4.68. The molecule has 2 aromatic carbocycles. The third-order valence-corrected chi connectivity index (χ3v) is 5.75. The number of hydrogen-bond donors (Lipinski definition) is 0. The van der Waals surface area contributed by atoms with Crippen LogP contribution in [0.5, 0.6) is 5.75 Å². The minimum atomic E-state index is -0.258. The van der Waals surface area contributed by atoms with Crippen LogP contribution in [0.2, 0.25) is 0 Å². The molecule has 4 rings (SSSR count). The van der Waals surface area contributed by atoms with Crippen molar-refractivity contribution < 1.29 is 19.0 Å². The molecule has 6 nitrogen and oxygen atoms in total. The zero-order valence-electron chi connectivity index (χ0n) is 17.0. The van der Waals surface area contributed by atoms with Gasteiger partial charge in [0.2, 0.25) is 0 Å². The first-order valence-corrected chi connectivity index (χ1v) is 11.1. The summed E-state index contributed by atoms with van der Waals surface area (Å²) in [5.41, 5.74) is 2.79. The number of aromatic nitrogens is 2. The Morgan fingerprint density at radius 1 is 1.23 bits per heavy atom. The Bertz CT molecular complexity index is 1030. The molecular weight excluding hydrogens is 448 g/mol. The minimum absolute atomic E-state index is 0.187. The van der Waals surface area contributed by atoms with E-state index in [-0.39, 0.29) is 12.4 Å². The molecule has 1 aliphatic rings. The molecule has 1 saturated heterocycles. The Kier molecular flexibility index (Phi) is 6.69. The second-order valence-electron chi connectivity index (χ2n) is 7.27. The quantitative estimate of drug-likeness (QED) is 0.460.